The van der Waals surface area contributed by atoms with Gasteiger partial charge in [0.2, 0.25) is 0 Å². The molecular formula is C21H22N8O2. The molecule has 31 heavy (non-hydrogen) atoms. The van der Waals surface area contributed by atoms with E-state index in [-0.39, 0.29) is 5.91 Å². The van der Waals surface area contributed by atoms with Crippen LogP contribution in [-0.4, -0.2) is 59.2 Å². The van der Waals surface area contributed by atoms with Gasteiger partial charge in [-0.25, -0.2) is 0 Å². The van der Waals surface area contributed by atoms with Crippen molar-refractivity contribution in [2.24, 2.45) is 14.1 Å². The maximum atomic E-state index is 13.2. The topological polar surface area (TPSA) is 107 Å². The number of nitrogens with one attached hydrogen (secondary N) is 1. The van der Waals surface area contributed by atoms with Crippen LogP contribution < -0.4 is 4.74 Å². The van der Waals surface area contributed by atoms with E-state index in [1.165, 1.54) is 0 Å². The van der Waals surface area contributed by atoms with Gasteiger partial charge < -0.3 is 14.2 Å². The van der Waals surface area contributed by atoms with Gasteiger partial charge in [-0.15, -0.1) is 10.2 Å². The maximum absolute atomic E-state index is 13.2. The van der Waals surface area contributed by atoms with Gasteiger partial charge in [-0.3, -0.25) is 14.6 Å². The van der Waals surface area contributed by atoms with Crippen LogP contribution >= 0.6 is 0 Å². The van der Waals surface area contributed by atoms with Crippen molar-refractivity contribution in [3.63, 3.8) is 0 Å². The second-order valence-corrected chi connectivity index (χ2v) is 7.54. The minimum absolute atomic E-state index is 0.0972. The van der Waals surface area contributed by atoms with Gasteiger partial charge in [-0.2, -0.15) is 10.2 Å². The molecule has 1 aliphatic rings. The molecule has 0 fully saturated rings. The highest BCUT2D eigenvalue weighted by atomic mass is 16.5. The number of benzene rings is 1. The van der Waals surface area contributed by atoms with Gasteiger partial charge in [0.1, 0.15) is 23.5 Å². The number of carbonyl (C=O) groups is 1. The monoisotopic (exact) mass is 418 g/mol. The first-order valence-electron chi connectivity index (χ1n) is 9.93. The third-order valence-corrected chi connectivity index (χ3v) is 5.63. The quantitative estimate of drug-likeness (QED) is 0.542. The van der Waals surface area contributed by atoms with Gasteiger partial charge in [-0.05, 0) is 18.2 Å². The van der Waals surface area contributed by atoms with E-state index in [9.17, 15) is 4.79 Å². The van der Waals surface area contributed by atoms with Gasteiger partial charge in [0.05, 0.1) is 19.3 Å². The number of amides is 1. The lowest BCUT2D eigenvalue weighted by Gasteiger charge is -2.27. The molecule has 1 amide bonds. The Kier molecular flexibility index (Phi) is 4.54. The predicted molar refractivity (Wildman–Crippen MR) is 112 cm³/mol. The van der Waals surface area contributed by atoms with Gasteiger partial charge in [0.25, 0.3) is 5.91 Å². The molecule has 0 radical (unpaired) electrons. The predicted octanol–water partition coefficient (Wildman–Crippen LogP) is 1.81. The van der Waals surface area contributed by atoms with Crippen LogP contribution in [0.25, 0.3) is 22.8 Å². The van der Waals surface area contributed by atoms with Crippen LogP contribution in [0.1, 0.15) is 21.7 Å². The lowest BCUT2D eigenvalue weighted by molar-refractivity contribution is 0.0727. The third-order valence-electron chi connectivity index (χ3n) is 5.63. The lowest BCUT2D eigenvalue weighted by atomic mass is 10.0. The first-order chi connectivity index (χ1) is 15.0. The lowest BCUT2D eigenvalue weighted by Crippen LogP contribution is -2.36. The average Bonchev–Trinajstić information content (AvgIpc) is 3.52. The molecule has 0 saturated heterocycles. The number of hydrogen-bond donors (Lipinski definition) is 1. The van der Waals surface area contributed by atoms with E-state index in [0.717, 1.165) is 34.7 Å². The van der Waals surface area contributed by atoms with Crippen molar-refractivity contribution in [1.29, 1.82) is 0 Å². The van der Waals surface area contributed by atoms with Gasteiger partial charge >= 0.3 is 0 Å². The van der Waals surface area contributed by atoms with Crippen molar-refractivity contribution in [3.8, 4) is 28.5 Å². The first kappa shape index (κ1) is 19.0. The molecule has 0 aliphatic carbocycles. The van der Waals surface area contributed by atoms with E-state index in [4.69, 9.17) is 4.74 Å². The average molecular weight is 418 g/mol. The van der Waals surface area contributed by atoms with Crippen molar-refractivity contribution in [1.82, 2.24) is 39.6 Å². The summed E-state index contributed by atoms with van der Waals surface area (Å²) in [5.41, 5.74) is 4.91. The summed E-state index contributed by atoms with van der Waals surface area (Å²) in [4.78, 5) is 15.0. The number of fused-ring (bicyclic) bond motifs is 1. The number of nitrogens with zero attached hydrogens (tertiary/aromatic N) is 7. The van der Waals surface area contributed by atoms with Gasteiger partial charge in [0.15, 0.2) is 5.82 Å². The summed E-state index contributed by atoms with van der Waals surface area (Å²) in [6.07, 6.45) is 2.37. The highest BCUT2D eigenvalue weighted by molar-refractivity contribution is 5.93. The summed E-state index contributed by atoms with van der Waals surface area (Å²) < 4.78 is 8.98. The zero-order chi connectivity index (χ0) is 21.5. The molecule has 10 nitrogen and oxygen atoms in total. The highest BCUT2D eigenvalue weighted by Crippen LogP contribution is 2.29. The molecule has 4 heterocycles. The van der Waals surface area contributed by atoms with Crippen molar-refractivity contribution in [2.75, 3.05) is 13.7 Å². The Morgan fingerprint density at radius 3 is 2.87 bits per heavy atom. The van der Waals surface area contributed by atoms with Crippen molar-refractivity contribution in [3.05, 3.63) is 53.6 Å². The molecule has 1 aromatic carbocycles. The fraction of sp³-hybridized carbons (Fsp3) is 0.286. The van der Waals surface area contributed by atoms with Crippen LogP contribution in [0.3, 0.4) is 0 Å². The van der Waals surface area contributed by atoms with Crippen LogP contribution in [-0.2, 0) is 27.1 Å². The Hall–Kier alpha value is -3.95. The van der Waals surface area contributed by atoms with Crippen molar-refractivity contribution in [2.45, 2.75) is 13.0 Å². The van der Waals surface area contributed by atoms with Gasteiger partial charge in [0, 0.05) is 43.9 Å². The number of carbonyl (C=O) groups excluding carboxylic acids is 1. The van der Waals surface area contributed by atoms with E-state index in [2.05, 4.69) is 25.5 Å². The molecule has 0 spiro atoms. The fourth-order valence-electron chi connectivity index (χ4n) is 3.97. The summed E-state index contributed by atoms with van der Waals surface area (Å²) in [5.74, 6) is 1.33. The second kappa shape index (κ2) is 7.38. The first-order valence-corrected chi connectivity index (χ1v) is 9.93. The van der Waals surface area contributed by atoms with E-state index in [1.54, 1.807) is 19.5 Å². The molecule has 0 unspecified atom stereocenters. The molecule has 3 aromatic heterocycles. The van der Waals surface area contributed by atoms with Gasteiger partial charge in [-0.1, -0.05) is 12.1 Å². The van der Waals surface area contributed by atoms with Crippen LogP contribution in [0.4, 0.5) is 0 Å². The molecule has 0 bridgehead atoms. The Bertz CT molecular complexity index is 1270. The molecule has 4 aromatic rings. The molecule has 0 saturated carbocycles. The van der Waals surface area contributed by atoms with Crippen LogP contribution in [0.15, 0.2) is 36.7 Å². The van der Waals surface area contributed by atoms with E-state index in [0.29, 0.717) is 30.3 Å². The molecular weight excluding hydrogens is 396 g/mol. The van der Waals surface area contributed by atoms with Crippen LogP contribution in [0.5, 0.6) is 5.75 Å². The van der Waals surface area contributed by atoms with Crippen molar-refractivity contribution >= 4 is 5.91 Å². The van der Waals surface area contributed by atoms with E-state index < -0.39 is 0 Å². The number of methoxy groups -OCH3 is 1. The Morgan fingerprint density at radius 2 is 2.10 bits per heavy atom. The maximum Gasteiger partial charge on any atom is 0.272 e. The number of hydrogen-bond acceptors (Lipinski definition) is 6. The normalized spacial score (nSPS) is 13.3. The molecule has 5 rings (SSSR count). The SMILES string of the molecule is COc1cccc(-c2cc(C(=O)N3CCc4c(c(-c5nncn5C)nn4C)C3)[nH]n2)c1. The Labute approximate surface area is 178 Å². The van der Waals surface area contributed by atoms with Crippen LogP contribution in [0.2, 0.25) is 0 Å². The Balaban J connectivity index is 1.42. The summed E-state index contributed by atoms with van der Waals surface area (Å²) >= 11 is 0. The molecule has 158 valence electrons. The number of ether oxygens (including phenoxy) is 1. The number of H-pyrrole nitrogens is 1. The summed E-state index contributed by atoms with van der Waals surface area (Å²) in [7, 11) is 5.43. The third kappa shape index (κ3) is 3.25. The number of aryl methyl sites for hydroxylation is 2. The highest BCUT2D eigenvalue weighted by Gasteiger charge is 2.30. The van der Waals surface area contributed by atoms with E-state index >= 15 is 0 Å². The van der Waals surface area contributed by atoms with Crippen LogP contribution in [0, 0.1) is 0 Å². The minimum Gasteiger partial charge on any atom is -0.497 e. The molecule has 1 aliphatic heterocycles. The summed E-state index contributed by atoms with van der Waals surface area (Å²) in [5, 5.41) is 20.0. The minimum atomic E-state index is -0.0972. The zero-order valence-electron chi connectivity index (χ0n) is 17.5. The molecule has 10 heteroatoms. The molecule has 1 N–H and O–H groups in total. The zero-order valence-corrected chi connectivity index (χ0v) is 17.5. The number of aromatic nitrogens is 7. The fourth-order valence-corrected chi connectivity index (χ4v) is 3.97. The summed E-state index contributed by atoms with van der Waals surface area (Å²) in [6.45, 7) is 1.06. The molecule has 0 atom stereocenters. The number of rotatable bonds is 4. The smallest absolute Gasteiger partial charge is 0.272 e. The summed E-state index contributed by atoms with van der Waals surface area (Å²) in [6, 6.07) is 9.37. The van der Waals surface area contributed by atoms with Crippen molar-refractivity contribution < 1.29 is 9.53 Å². The Morgan fingerprint density at radius 1 is 1.23 bits per heavy atom. The number of aromatic amines is 1. The van der Waals surface area contributed by atoms with E-state index in [1.807, 2.05) is 52.5 Å². The standard InChI is InChI=1S/C21H22N8O2/c1-27-12-22-25-20(27)19-15-11-29(8-7-18(15)28(2)26-19)21(30)17-10-16(23-24-17)13-5-4-6-14(9-13)31-3/h4-6,9-10,12H,7-8,11H2,1-3H3,(H,23,24). The largest absolute Gasteiger partial charge is 0.497 e. The second-order valence-electron chi connectivity index (χ2n) is 7.54.